The fraction of sp³-hybridized carbons (Fsp3) is 0.320. The zero-order chi connectivity index (χ0) is 22.7. The van der Waals surface area contributed by atoms with Crippen molar-refractivity contribution in [1.82, 2.24) is 14.5 Å². The molecule has 166 valence electrons. The zero-order valence-corrected chi connectivity index (χ0v) is 19.3. The lowest BCUT2D eigenvalue weighted by atomic mass is 9.96. The SMILES string of the molecule is Cc1ccc(-n2c(-c3ccccc3)cnc2SCC(=O)N2CCC(C(N)=O)CC2)c(C)c1. The number of rotatable bonds is 6. The average Bonchev–Trinajstić information content (AvgIpc) is 3.21. The first-order chi connectivity index (χ1) is 15.4. The highest BCUT2D eigenvalue weighted by Crippen LogP contribution is 2.32. The highest BCUT2D eigenvalue weighted by Gasteiger charge is 2.26. The number of thioether (sulfide) groups is 1. The van der Waals surface area contributed by atoms with Gasteiger partial charge in [0.2, 0.25) is 11.8 Å². The Labute approximate surface area is 192 Å². The molecule has 0 saturated carbocycles. The first-order valence-corrected chi connectivity index (χ1v) is 11.8. The van der Waals surface area contributed by atoms with E-state index in [1.807, 2.05) is 29.3 Å². The Hall–Kier alpha value is -3.06. The summed E-state index contributed by atoms with van der Waals surface area (Å²) in [5.74, 6) is -0.0227. The van der Waals surface area contributed by atoms with E-state index in [0.717, 1.165) is 27.7 Å². The lowest BCUT2D eigenvalue weighted by molar-refractivity contribution is -0.132. The molecule has 4 rings (SSSR count). The second-order valence-corrected chi connectivity index (χ2v) is 9.21. The molecule has 0 spiro atoms. The summed E-state index contributed by atoms with van der Waals surface area (Å²) < 4.78 is 2.14. The summed E-state index contributed by atoms with van der Waals surface area (Å²) in [4.78, 5) is 30.7. The van der Waals surface area contributed by atoms with E-state index in [0.29, 0.717) is 31.7 Å². The van der Waals surface area contributed by atoms with E-state index in [9.17, 15) is 9.59 Å². The van der Waals surface area contributed by atoms with Crippen molar-refractivity contribution in [2.24, 2.45) is 11.7 Å². The molecule has 3 aromatic rings. The highest BCUT2D eigenvalue weighted by atomic mass is 32.2. The van der Waals surface area contributed by atoms with Crippen LogP contribution in [0.2, 0.25) is 0 Å². The van der Waals surface area contributed by atoms with E-state index in [-0.39, 0.29) is 17.7 Å². The number of amides is 2. The third kappa shape index (κ3) is 4.72. The van der Waals surface area contributed by atoms with E-state index in [1.165, 1.54) is 17.3 Å². The molecular formula is C25H28N4O2S. The third-order valence-electron chi connectivity index (χ3n) is 5.97. The Balaban J connectivity index is 1.57. The number of hydrogen-bond acceptors (Lipinski definition) is 4. The molecule has 0 bridgehead atoms. The highest BCUT2D eigenvalue weighted by molar-refractivity contribution is 7.99. The lowest BCUT2D eigenvalue weighted by Gasteiger charge is -2.30. The minimum atomic E-state index is -0.268. The van der Waals surface area contributed by atoms with Gasteiger partial charge >= 0.3 is 0 Å². The van der Waals surface area contributed by atoms with Gasteiger partial charge in [0.15, 0.2) is 5.16 Å². The van der Waals surface area contributed by atoms with Gasteiger partial charge in [0.05, 0.1) is 23.3 Å². The first kappa shape index (κ1) is 22.1. The van der Waals surface area contributed by atoms with Crippen LogP contribution in [0.3, 0.4) is 0 Å². The monoisotopic (exact) mass is 448 g/mol. The topological polar surface area (TPSA) is 81.2 Å². The summed E-state index contributed by atoms with van der Waals surface area (Å²) in [6, 6.07) is 16.5. The van der Waals surface area contributed by atoms with Crippen LogP contribution in [-0.4, -0.2) is 45.1 Å². The maximum Gasteiger partial charge on any atom is 0.233 e. The second kappa shape index (κ2) is 9.61. The third-order valence-corrected chi connectivity index (χ3v) is 6.90. The molecule has 2 heterocycles. The maximum atomic E-state index is 12.8. The molecule has 1 saturated heterocycles. The molecule has 1 aliphatic rings. The van der Waals surface area contributed by atoms with Crippen molar-refractivity contribution in [1.29, 1.82) is 0 Å². The number of carbonyl (C=O) groups excluding carboxylic acids is 2. The molecule has 0 atom stereocenters. The number of likely N-dealkylation sites (tertiary alicyclic amines) is 1. The van der Waals surface area contributed by atoms with Crippen LogP contribution in [0.4, 0.5) is 0 Å². The molecule has 0 unspecified atom stereocenters. The van der Waals surface area contributed by atoms with Gasteiger partial charge in [-0.3, -0.25) is 14.2 Å². The number of benzene rings is 2. The summed E-state index contributed by atoms with van der Waals surface area (Å²) in [6.07, 6.45) is 3.15. The van der Waals surface area contributed by atoms with Crippen molar-refractivity contribution in [3.05, 3.63) is 65.9 Å². The Bertz CT molecular complexity index is 1120. The van der Waals surface area contributed by atoms with E-state index >= 15 is 0 Å². The molecule has 1 fully saturated rings. The van der Waals surface area contributed by atoms with Crippen molar-refractivity contribution in [2.75, 3.05) is 18.8 Å². The quantitative estimate of drug-likeness (QED) is 0.579. The van der Waals surface area contributed by atoms with Gasteiger partial charge in [-0.15, -0.1) is 0 Å². The fourth-order valence-corrected chi connectivity index (χ4v) is 5.06. The molecule has 2 N–H and O–H groups in total. The molecule has 2 aromatic carbocycles. The van der Waals surface area contributed by atoms with Gasteiger partial charge in [-0.2, -0.15) is 0 Å². The van der Waals surface area contributed by atoms with Crippen LogP contribution < -0.4 is 5.73 Å². The normalized spacial score (nSPS) is 14.5. The van der Waals surface area contributed by atoms with Crippen LogP contribution in [0, 0.1) is 19.8 Å². The largest absolute Gasteiger partial charge is 0.369 e. The first-order valence-electron chi connectivity index (χ1n) is 10.8. The fourth-order valence-electron chi connectivity index (χ4n) is 4.17. The Morgan fingerprint density at radius 2 is 1.81 bits per heavy atom. The lowest BCUT2D eigenvalue weighted by Crippen LogP contribution is -2.42. The van der Waals surface area contributed by atoms with Crippen LogP contribution in [0.1, 0.15) is 24.0 Å². The van der Waals surface area contributed by atoms with Gasteiger partial charge in [-0.1, -0.05) is 59.8 Å². The number of aromatic nitrogens is 2. The van der Waals surface area contributed by atoms with Crippen LogP contribution in [0.15, 0.2) is 59.9 Å². The standard InChI is InChI=1S/C25H28N4O2S/c1-17-8-9-21(18(2)14-17)29-22(19-6-4-3-5-7-19)15-27-25(29)32-16-23(30)28-12-10-20(11-13-28)24(26)31/h3-9,14-15,20H,10-13,16H2,1-2H3,(H2,26,31). The van der Waals surface area contributed by atoms with Gasteiger partial charge in [0, 0.05) is 24.6 Å². The number of carbonyl (C=O) groups is 2. The Morgan fingerprint density at radius 1 is 1.09 bits per heavy atom. The number of primary amides is 1. The average molecular weight is 449 g/mol. The summed E-state index contributed by atoms with van der Waals surface area (Å²) in [5, 5.41) is 0.788. The number of nitrogens with two attached hydrogens (primary N) is 1. The molecule has 1 aliphatic heterocycles. The zero-order valence-electron chi connectivity index (χ0n) is 18.5. The van der Waals surface area contributed by atoms with E-state index in [2.05, 4.69) is 53.7 Å². The van der Waals surface area contributed by atoms with Crippen molar-refractivity contribution in [3.63, 3.8) is 0 Å². The Kier molecular flexibility index (Phi) is 6.65. The number of piperidine rings is 1. The molecule has 6 nitrogen and oxygen atoms in total. The summed E-state index contributed by atoms with van der Waals surface area (Å²) in [5.41, 5.74) is 10.9. The van der Waals surface area contributed by atoms with Crippen molar-refractivity contribution in [3.8, 4) is 16.9 Å². The number of aryl methyl sites for hydroxylation is 2. The van der Waals surface area contributed by atoms with Crippen molar-refractivity contribution >= 4 is 23.6 Å². The van der Waals surface area contributed by atoms with Crippen molar-refractivity contribution < 1.29 is 9.59 Å². The van der Waals surface area contributed by atoms with Crippen LogP contribution in [-0.2, 0) is 9.59 Å². The van der Waals surface area contributed by atoms with E-state index in [1.54, 1.807) is 0 Å². The molecule has 1 aromatic heterocycles. The molecule has 7 heteroatoms. The molecule has 32 heavy (non-hydrogen) atoms. The number of imidazole rings is 1. The van der Waals surface area contributed by atoms with Gasteiger partial charge in [-0.05, 0) is 38.3 Å². The Morgan fingerprint density at radius 3 is 2.47 bits per heavy atom. The molecular weight excluding hydrogens is 420 g/mol. The minimum absolute atomic E-state index is 0.0642. The van der Waals surface area contributed by atoms with Gasteiger partial charge in [0.25, 0.3) is 0 Å². The molecule has 0 radical (unpaired) electrons. The second-order valence-electron chi connectivity index (χ2n) is 8.26. The summed E-state index contributed by atoms with van der Waals surface area (Å²) in [6.45, 7) is 5.33. The van der Waals surface area contributed by atoms with Crippen LogP contribution in [0.25, 0.3) is 16.9 Å². The number of nitrogens with zero attached hydrogens (tertiary/aromatic N) is 3. The molecule has 2 amide bonds. The summed E-state index contributed by atoms with van der Waals surface area (Å²) >= 11 is 1.45. The summed E-state index contributed by atoms with van der Waals surface area (Å²) in [7, 11) is 0. The predicted molar refractivity (Wildman–Crippen MR) is 128 cm³/mol. The smallest absolute Gasteiger partial charge is 0.233 e. The van der Waals surface area contributed by atoms with E-state index < -0.39 is 0 Å². The van der Waals surface area contributed by atoms with Crippen LogP contribution >= 0.6 is 11.8 Å². The predicted octanol–water partition coefficient (Wildman–Crippen LogP) is 3.97. The minimum Gasteiger partial charge on any atom is -0.369 e. The van der Waals surface area contributed by atoms with Gasteiger partial charge < -0.3 is 10.6 Å². The van der Waals surface area contributed by atoms with Gasteiger partial charge in [0.1, 0.15) is 0 Å². The molecule has 0 aliphatic carbocycles. The number of hydrogen-bond donors (Lipinski definition) is 1. The van der Waals surface area contributed by atoms with Crippen molar-refractivity contribution in [2.45, 2.75) is 31.8 Å². The maximum absolute atomic E-state index is 12.8. The van der Waals surface area contributed by atoms with Crippen LogP contribution in [0.5, 0.6) is 0 Å². The van der Waals surface area contributed by atoms with E-state index in [4.69, 9.17) is 5.73 Å². The van der Waals surface area contributed by atoms with Gasteiger partial charge in [-0.25, -0.2) is 4.98 Å².